The molecule has 0 bridgehead atoms. The number of rotatable bonds is 2. The van der Waals surface area contributed by atoms with E-state index in [0.717, 1.165) is 22.3 Å². The molecule has 7 rings (SSSR count). The molecule has 0 aliphatic heterocycles. The Labute approximate surface area is 197 Å². The molecule has 0 saturated heterocycles. The van der Waals surface area contributed by atoms with Gasteiger partial charge in [-0.15, -0.1) is 0 Å². The van der Waals surface area contributed by atoms with Crippen molar-refractivity contribution in [3.8, 4) is 22.3 Å². The molecule has 0 aliphatic rings. The van der Waals surface area contributed by atoms with Crippen molar-refractivity contribution in [3.05, 3.63) is 121 Å². The summed E-state index contributed by atoms with van der Waals surface area (Å²) in [4.78, 5) is 0. The Bertz CT molecular complexity index is 1840. The van der Waals surface area contributed by atoms with Crippen molar-refractivity contribution >= 4 is 43.5 Å². The topological polar surface area (TPSA) is 13.1 Å². The second-order valence-corrected chi connectivity index (χ2v) is 9.05. The monoisotopic (exact) mass is 434 g/mol. The Balaban J connectivity index is 1.52. The van der Waals surface area contributed by atoms with Crippen LogP contribution in [-0.2, 0) is 0 Å². The Morgan fingerprint density at radius 2 is 1.09 bits per heavy atom. The van der Waals surface area contributed by atoms with Crippen LogP contribution >= 0.6 is 0 Å². The number of fused-ring (bicyclic) bond motifs is 7. The highest BCUT2D eigenvalue weighted by Crippen LogP contribution is 2.43. The number of furan rings is 1. The molecule has 0 fully saturated rings. The van der Waals surface area contributed by atoms with Crippen LogP contribution in [0.3, 0.4) is 0 Å². The standard InChI is InChI=1S/C33H22O/c1-21-10-12-22(13-11-21)23-14-16-25(17-15-23)29-20-26-7-3-5-9-28(26)32-31-27-8-4-2-6-24(27)18-19-30(31)34-33(29)32/h2-20H,1H3. The molecular weight excluding hydrogens is 412 g/mol. The van der Waals surface area contributed by atoms with E-state index in [2.05, 4.69) is 122 Å². The fourth-order valence-electron chi connectivity index (χ4n) is 5.19. The first-order valence-corrected chi connectivity index (χ1v) is 11.7. The van der Waals surface area contributed by atoms with Crippen LogP contribution in [0.1, 0.15) is 5.56 Å². The van der Waals surface area contributed by atoms with Crippen LogP contribution in [0.2, 0.25) is 0 Å². The molecule has 1 heterocycles. The second kappa shape index (κ2) is 7.33. The van der Waals surface area contributed by atoms with Gasteiger partial charge in [-0.2, -0.15) is 0 Å². The molecule has 6 aromatic carbocycles. The number of hydrogen-bond acceptors (Lipinski definition) is 1. The first-order chi connectivity index (χ1) is 16.8. The van der Waals surface area contributed by atoms with Gasteiger partial charge in [-0.3, -0.25) is 0 Å². The molecule has 34 heavy (non-hydrogen) atoms. The van der Waals surface area contributed by atoms with Gasteiger partial charge in [-0.25, -0.2) is 0 Å². The van der Waals surface area contributed by atoms with Crippen molar-refractivity contribution in [2.75, 3.05) is 0 Å². The van der Waals surface area contributed by atoms with Crippen LogP contribution in [0.25, 0.3) is 65.7 Å². The molecule has 0 spiro atoms. The average molecular weight is 435 g/mol. The second-order valence-electron chi connectivity index (χ2n) is 9.05. The first kappa shape index (κ1) is 19.1. The van der Waals surface area contributed by atoms with Crippen LogP contribution in [0.5, 0.6) is 0 Å². The molecule has 0 aliphatic carbocycles. The summed E-state index contributed by atoms with van der Waals surface area (Å²) in [5.41, 5.74) is 7.90. The summed E-state index contributed by atoms with van der Waals surface area (Å²) in [5, 5.41) is 7.31. The summed E-state index contributed by atoms with van der Waals surface area (Å²) in [5.74, 6) is 0. The molecule has 0 atom stereocenters. The third-order valence-corrected chi connectivity index (χ3v) is 6.94. The lowest BCUT2D eigenvalue weighted by molar-refractivity contribution is 0.670. The highest BCUT2D eigenvalue weighted by Gasteiger charge is 2.18. The normalized spacial score (nSPS) is 11.7. The zero-order valence-corrected chi connectivity index (χ0v) is 18.9. The van der Waals surface area contributed by atoms with E-state index in [9.17, 15) is 0 Å². The Kier molecular flexibility index (Phi) is 4.13. The van der Waals surface area contributed by atoms with Gasteiger partial charge in [0.25, 0.3) is 0 Å². The van der Waals surface area contributed by atoms with Crippen molar-refractivity contribution < 1.29 is 4.42 Å². The average Bonchev–Trinajstić information content (AvgIpc) is 3.29. The molecule has 0 unspecified atom stereocenters. The molecule has 1 nitrogen and oxygen atoms in total. The fraction of sp³-hybridized carbons (Fsp3) is 0.0303. The molecule has 7 aromatic rings. The van der Waals surface area contributed by atoms with E-state index in [4.69, 9.17) is 4.42 Å². The quantitative estimate of drug-likeness (QED) is 0.264. The largest absolute Gasteiger partial charge is 0.455 e. The van der Waals surface area contributed by atoms with Crippen LogP contribution in [0, 0.1) is 6.92 Å². The number of hydrogen-bond donors (Lipinski definition) is 0. The Hall–Kier alpha value is -4.36. The zero-order chi connectivity index (χ0) is 22.6. The third kappa shape index (κ3) is 2.87. The van der Waals surface area contributed by atoms with E-state index in [0.29, 0.717) is 0 Å². The van der Waals surface area contributed by atoms with E-state index in [1.807, 2.05) is 0 Å². The smallest absolute Gasteiger partial charge is 0.143 e. The van der Waals surface area contributed by atoms with Crippen molar-refractivity contribution in [2.45, 2.75) is 6.92 Å². The Morgan fingerprint density at radius 1 is 0.500 bits per heavy atom. The van der Waals surface area contributed by atoms with Gasteiger partial charge in [0.1, 0.15) is 11.2 Å². The minimum absolute atomic E-state index is 0.933. The number of benzene rings is 6. The lowest BCUT2D eigenvalue weighted by Gasteiger charge is -2.09. The molecule has 1 heteroatoms. The number of aryl methyl sites for hydroxylation is 1. The van der Waals surface area contributed by atoms with E-state index >= 15 is 0 Å². The maximum Gasteiger partial charge on any atom is 0.143 e. The third-order valence-electron chi connectivity index (χ3n) is 6.94. The summed E-state index contributed by atoms with van der Waals surface area (Å²) in [6.07, 6.45) is 0. The van der Waals surface area contributed by atoms with Gasteiger partial charge in [-0.05, 0) is 57.3 Å². The molecule has 0 amide bonds. The van der Waals surface area contributed by atoms with E-state index in [-0.39, 0.29) is 0 Å². The van der Waals surface area contributed by atoms with Crippen molar-refractivity contribution in [1.82, 2.24) is 0 Å². The minimum atomic E-state index is 0.933. The molecule has 0 saturated carbocycles. The summed E-state index contributed by atoms with van der Waals surface area (Å²) in [6, 6.07) is 41.3. The van der Waals surface area contributed by atoms with Gasteiger partial charge in [0.05, 0.1) is 0 Å². The highest BCUT2D eigenvalue weighted by molar-refractivity contribution is 6.28. The van der Waals surface area contributed by atoms with Crippen LogP contribution in [-0.4, -0.2) is 0 Å². The van der Waals surface area contributed by atoms with Crippen molar-refractivity contribution in [2.24, 2.45) is 0 Å². The van der Waals surface area contributed by atoms with Gasteiger partial charge < -0.3 is 4.42 Å². The highest BCUT2D eigenvalue weighted by atomic mass is 16.3. The summed E-state index contributed by atoms with van der Waals surface area (Å²) >= 11 is 0. The summed E-state index contributed by atoms with van der Waals surface area (Å²) in [7, 11) is 0. The Morgan fingerprint density at radius 3 is 1.82 bits per heavy atom. The van der Waals surface area contributed by atoms with Gasteiger partial charge in [0, 0.05) is 16.3 Å². The molecule has 0 radical (unpaired) electrons. The van der Waals surface area contributed by atoms with Gasteiger partial charge in [-0.1, -0.05) is 109 Å². The summed E-state index contributed by atoms with van der Waals surface area (Å²) < 4.78 is 6.58. The lowest BCUT2D eigenvalue weighted by atomic mass is 9.94. The van der Waals surface area contributed by atoms with E-state index in [1.165, 1.54) is 49.0 Å². The minimum Gasteiger partial charge on any atom is -0.455 e. The van der Waals surface area contributed by atoms with Crippen LogP contribution < -0.4 is 0 Å². The molecule has 160 valence electrons. The van der Waals surface area contributed by atoms with Crippen molar-refractivity contribution in [3.63, 3.8) is 0 Å². The lowest BCUT2D eigenvalue weighted by Crippen LogP contribution is -1.84. The van der Waals surface area contributed by atoms with Crippen molar-refractivity contribution in [1.29, 1.82) is 0 Å². The first-order valence-electron chi connectivity index (χ1n) is 11.7. The maximum atomic E-state index is 6.58. The van der Waals surface area contributed by atoms with Gasteiger partial charge in [0.15, 0.2) is 0 Å². The molecule has 0 N–H and O–H groups in total. The van der Waals surface area contributed by atoms with Gasteiger partial charge >= 0.3 is 0 Å². The van der Waals surface area contributed by atoms with E-state index < -0.39 is 0 Å². The zero-order valence-electron chi connectivity index (χ0n) is 18.9. The predicted molar refractivity (Wildman–Crippen MR) is 144 cm³/mol. The predicted octanol–water partition coefficient (Wildman–Crippen LogP) is 9.53. The maximum absolute atomic E-state index is 6.58. The van der Waals surface area contributed by atoms with Crippen LogP contribution in [0.4, 0.5) is 0 Å². The SMILES string of the molecule is Cc1ccc(-c2ccc(-c3cc4ccccc4c4c3oc3ccc5ccccc5c34)cc2)cc1. The summed E-state index contributed by atoms with van der Waals surface area (Å²) in [6.45, 7) is 2.12. The molecular formula is C33H22O. The fourth-order valence-corrected chi connectivity index (χ4v) is 5.19. The van der Waals surface area contributed by atoms with Crippen LogP contribution in [0.15, 0.2) is 120 Å². The molecule has 1 aromatic heterocycles. The van der Waals surface area contributed by atoms with E-state index in [1.54, 1.807) is 0 Å². The van der Waals surface area contributed by atoms with Gasteiger partial charge in [0.2, 0.25) is 0 Å².